The highest BCUT2D eigenvalue weighted by Crippen LogP contribution is 2.37. The molecule has 6 nitrogen and oxygen atoms in total. The van der Waals surface area contributed by atoms with Gasteiger partial charge in [0, 0.05) is 18.2 Å². The third-order valence-corrected chi connectivity index (χ3v) is 6.86. The number of hydrogen-bond donors (Lipinski definition) is 2. The number of carbonyl (C=O) groups excluding carboxylic acids is 2. The van der Waals surface area contributed by atoms with Crippen LogP contribution in [0.25, 0.3) is 5.69 Å². The molecular weight excluding hydrogens is 384 g/mol. The first kappa shape index (κ1) is 20.0. The van der Waals surface area contributed by atoms with Crippen LogP contribution in [0, 0.1) is 12.3 Å². The second kappa shape index (κ2) is 7.52. The van der Waals surface area contributed by atoms with E-state index in [0.717, 1.165) is 59.1 Å². The van der Waals surface area contributed by atoms with Crippen molar-refractivity contribution in [3.63, 3.8) is 0 Å². The number of thioether (sulfide) groups is 1. The molecule has 1 fully saturated rings. The zero-order valence-electron chi connectivity index (χ0n) is 17.2. The van der Waals surface area contributed by atoms with E-state index < -0.39 is 5.91 Å². The van der Waals surface area contributed by atoms with Crippen molar-refractivity contribution in [2.45, 2.75) is 52.5 Å². The highest BCUT2D eigenvalue weighted by Gasteiger charge is 2.35. The second-order valence-corrected chi connectivity index (χ2v) is 10.1. The Labute approximate surface area is 175 Å². The van der Waals surface area contributed by atoms with Gasteiger partial charge in [0.15, 0.2) is 5.78 Å². The number of nitrogens with zero attached hydrogens (tertiary/aromatic N) is 2. The lowest BCUT2D eigenvalue weighted by Gasteiger charge is -2.29. The fourth-order valence-corrected chi connectivity index (χ4v) is 5.52. The zero-order valence-corrected chi connectivity index (χ0v) is 18.1. The van der Waals surface area contributed by atoms with Crippen LogP contribution in [0.1, 0.15) is 65.2 Å². The summed E-state index contributed by atoms with van der Waals surface area (Å²) < 4.78 is 1.87. The molecule has 1 aliphatic carbocycles. The van der Waals surface area contributed by atoms with Gasteiger partial charge in [-0.2, -0.15) is 16.9 Å². The van der Waals surface area contributed by atoms with Gasteiger partial charge in [-0.3, -0.25) is 9.59 Å². The van der Waals surface area contributed by atoms with Crippen LogP contribution in [0.2, 0.25) is 0 Å². The van der Waals surface area contributed by atoms with E-state index in [1.165, 1.54) is 0 Å². The van der Waals surface area contributed by atoms with Crippen molar-refractivity contribution >= 4 is 29.1 Å². The Morgan fingerprint density at radius 2 is 2.00 bits per heavy atom. The van der Waals surface area contributed by atoms with Gasteiger partial charge < -0.3 is 11.1 Å². The average Bonchev–Trinajstić information content (AvgIpc) is 2.97. The monoisotopic (exact) mass is 412 g/mol. The van der Waals surface area contributed by atoms with Gasteiger partial charge in [-0.25, -0.2) is 4.68 Å². The number of hydrogen-bond acceptors (Lipinski definition) is 5. The molecule has 1 aliphatic heterocycles. The van der Waals surface area contributed by atoms with Crippen LogP contribution in [0.15, 0.2) is 18.2 Å². The van der Waals surface area contributed by atoms with Gasteiger partial charge in [-0.1, -0.05) is 13.8 Å². The quantitative estimate of drug-likeness (QED) is 0.798. The maximum atomic E-state index is 12.7. The lowest BCUT2D eigenvalue weighted by atomic mass is 9.75. The summed E-state index contributed by atoms with van der Waals surface area (Å²) in [6, 6.07) is 5.90. The Morgan fingerprint density at radius 1 is 1.28 bits per heavy atom. The van der Waals surface area contributed by atoms with Crippen LogP contribution in [-0.4, -0.2) is 39.0 Å². The van der Waals surface area contributed by atoms with Gasteiger partial charge in [0.05, 0.1) is 28.2 Å². The molecule has 0 bridgehead atoms. The number of anilines is 1. The first-order valence-corrected chi connectivity index (χ1v) is 11.3. The number of benzene rings is 1. The Hall–Kier alpha value is -2.28. The van der Waals surface area contributed by atoms with Gasteiger partial charge in [0.1, 0.15) is 0 Å². The number of ketones is 1. The molecule has 154 valence electrons. The van der Waals surface area contributed by atoms with E-state index in [1.54, 1.807) is 6.07 Å². The van der Waals surface area contributed by atoms with Crippen molar-refractivity contribution in [3.8, 4) is 5.69 Å². The molecule has 0 unspecified atom stereocenters. The number of Topliss-reactive ketones (excluding diaryl/α,β-unsaturated/α-hetero) is 1. The molecular formula is C22H28N4O2S. The fourth-order valence-electron chi connectivity index (χ4n) is 4.41. The molecule has 0 atom stereocenters. The normalized spacial score (nSPS) is 19.1. The first-order chi connectivity index (χ1) is 13.7. The number of amides is 1. The maximum Gasteiger partial charge on any atom is 0.250 e. The molecule has 2 aliphatic rings. The molecule has 1 amide bonds. The number of aromatic nitrogens is 2. The van der Waals surface area contributed by atoms with Crippen molar-refractivity contribution in [1.82, 2.24) is 9.78 Å². The van der Waals surface area contributed by atoms with Gasteiger partial charge in [0.2, 0.25) is 0 Å². The van der Waals surface area contributed by atoms with Crippen molar-refractivity contribution < 1.29 is 9.59 Å². The van der Waals surface area contributed by atoms with Crippen LogP contribution in [0.4, 0.5) is 5.69 Å². The predicted molar refractivity (Wildman–Crippen MR) is 117 cm³/mol. The van der Waals surface area contributed by atoms with Crippen molar-refractivity contribution in [3.05, 3.63) is 40.7 Å². The average molecular weight is 413 g/mol. The molecule has 3 N–H and O–H groups in total. The maximum absolute atomic E-state index is 12.7. The van der Waals surface area contributed by atoms with E-state index in [-0.39, 0.29) is 11.2 Å². The molecule has 0 spiro atoms. The van der Waals surface area contributed by atoms with Crippen LogP contribution in [-0.2, 0) is 6.42 Å². The predicted octanol–water partition coefficient (Wildman–Crippen LogP) is 3.74. The van der Waals surface area contributed by atoms with Crippen LogP contribution >= 0.6 is 11.8 Å². The summed E-state index contributed by atoms with van der Waals surface area (Å²) in [5, 5.41) is 8.22. The van der Waals surface area contributed by atoms with E-state index in [4.69, 9.17) is 5.73 Å². The Bertz CT molecular complexity index is 973. The molecule has 4 rings (SSSR count). The van der Waals surface area contributed by atoms with Gasteiger partial charge in [0.25, 0.3) is 5.91 Å². The molecule has 1 aromatic heterocycles. The van der Waals surface area contributed by atoms with E-state index in [9.17, 15) is 9.59 Å². The van der Waals surface area contributed by atoms with Crippen molar-refractivity contribution in [2.24, 2.45) is 11.1 Å². The first-order valence-electron chi connectivity index (χ1n) is 10.2. The smallest absolute Gasteiger partial charge is 0.250 e. The molecule has 0 saturated carbocycles. The fraction of sp³-hybridized carbons (Fsp3) is 0.500. The Kier molecular flexibility index (Phi) is 5.19. The molecule has 7 heteroatoms. The lowest BCUT2D eigenvalue weighted by molar-refractivity contribution is 0.0909. The second-order valence-electron chi connectivity index (χ2n) is 8.88. The SMILES string of the molecule is Cc1nn(-c2ccc(C(N)=O)c(NC3CCSCC3)c2)c2c1C(=O)CC(C)(C)C2. The summed E-state index contributed by atoms with van der Waals surface area (Å²) in [6.07, 6.45) is 3.45. The number of fused-ring (bicyclic) bond motifs is 1. The molecule has 1 saturated heterocycles. The topological polar surface area (TPSA) is 90.0 Å². The standard InChI is InChI=1S/C22H28N4O2S/c1-13-20-18(11-22(2,3)12-19(20)27)26(25-13)15-4-5-16(21(23)28)17(10-15)24-14-6-8-29-9-7-14/h4-5,10,14,24H,6-9,11-12H2,1-3H3,(H2,23,28). The zero-order chi connectivity index (χ0) is 20.8. The summed E-state index contributed by atoms with van der Waals surface area (Å²) in [4.78, 5) is 24.7. The van der Waals surface area contributed by atoms with Gasteiger partial charge >= 0.3 is 0 Å². The minimum Gasteiger partial charge on any atom is -0.382 e. The number of nitrogens with two attached hydrogens (primary N) is 1. The summed E-state index contributed by atoms with van der Waals surface area (Å²) in [6.45, 7) is 6.12. The van der Waals surface area contributed by atoms with Gasteiger partial charge in [-0.15, -0.1) is 0 Å². The van der Waals surface area contributed by atoms with E-state index in [0.29, 0.717) is 18.0 Å². The van der Waals surface area contributed by atoms with Crippen LogP contribution < -0.4 is 11.1 Å². The van der Waals surface area contributed by atoms with Crippen LogP contribution in [0.3, 0.4) is 0 Å². The highest BCUT2D eigenvalue weighted by molar-refractivity contribution is 7.99. The number of nitrogens with one attached hydrogen (secondary N) is 1. The summed E-state index contributed by atoms with van der Waals surface area (Å²) >= 11 is 1.96. The van der Waals surface area contributed by atoms with Crippen molar-refractivity contribution in [2.75, 3.05) is 16.8 Å². The third-order valence-electron chi connectivity index (χ3n) is 5.81. The number of rotatable bonds is 4. The Balaban J connectivity index is 1.76. The third kappa shape index (κ3) is 3.92. The van der Waals surface area contributed by atoms with E-state index in [1.807, 2.05) is 35.5 Å². The molecule has 1 aromatic carbocycles. The van der Waals surface area contributed by atoms with E-state index >= 15 is 0 Å². The molecule has 2 heterocycles. The Morgan fingerprint density at radius 3 is 2.69 bits per heavy atom. The molecule has 2 aromatic rings. The minimum atomic E-state index is -0.445. The summed E-state index contributed by atoms with van der Waals surface area (Å²) in [5.74, 6) is 1.95. The summed E-state index contributed by atoms with van der Waals surface area (Å²) in [5.41, 5.74) is 10.1. The minimum absolute atomic E-state index is 0.0949. The molecule has 29 heavy (non-hydrogen) atoms. The lowest BCUT2D eigenvalue weighted by Crippen LogP contribution is -2.28. The van der Waals surface area contributed by atoms with Gasteiger partial charge in [-0.05, 0) is 61.3 Å². The number of primary amides is 1. The highest BCUT2D eigenvalue weighted by atomic mass is 32.2. The van der Waals surface area contributed by atoms with E-state index in [2.05, 4.69) is 24.3 Å². The largest absolute Gasteiger partial charge is 0.382 e. The number of carbonyl (C=O) groups is 2. The van der Waals surface area contributed by atoms with Crippen molar-refractivity contribution in [1.29, 1.82) is 0 Å². The van der Waals surface area contributed by atoms with Crippen LogP contribution in [0.5, 0.6) is 0 Å². The number of aryl methyl sites for hydroxylation is 1. The molecule has 0 radical (unpaired) electrons. The summed E-state index contributed by atoms with van der Waals surface area (Å²) in [7, 11) is 0.